The molecule has 0 saturated heterocycles. The van der Waals surface area contributed by atoms with E-state index in [4.69, 9.17) is 32.7 Å². The molecule has 13 heteroatoms. The highest BCUT2D eigenvalue weighted by Crippen LogP contribution is 2.31. The first kappa shape index (κ1) is 25.5. The zero-order valence-corrected chi connectivity index (χ0v) is 20.8. The van der Waals surface area contributed by atoms with Gasteiger partial charge in [-0.25, -0.2) is 8.42 Å². The molecule has 2 aromatic carbocycles. The monoisotopic (exact) mass is 538 g/mol. The molecule has 0 aliphatic carbocycles. The smallest absolute Gasteiger partial charge is 0.268 e. The van der Waals surface area contributed by atoms with Gasteiger partial charge in [-0.2, -0.15) is 5.26 Å². The Morgan fingerprint density at radius 2 is 1.97 bits per heavy atom. The maximum absolute atomic E-state index is 12.5. The van der Waals surface area contributed by atoms with Crippen LogP contribution >= 0.6 is 34.5 Å². The molecule has 0 aliphatic rings. The van der Waals surface area contributed by atoms with E-state index in [0.717, 1.165) is 11.8 Å². The summed E-state index contributed by atoms with van der Waals surface area (Å²) >= 11 is 12.8. The molecular weight excluding hydrogens is 523 g/mol. The second-order valence-electron chi connectivity index (χ2n) is 6.70. The van der Waals surface area contributed by atoms with Crippen molar-refractivity contribution in [2.45, 2.75) is 10.9 Å². The van der Waals surface area contributed by atoms with Crippen LogP contribution in [0.4, 0.5) is 5.13 Å². The molecular formula is C21H16Cl2N4O5S2. The van der Waals surface area contributed by atoms with Crippen molar-refractivity contribution >= 4 is 61.5 Å². The molecule has 34 heavy (non-hydrogen) atoms. The molecule has 1 N–H and O–H groups in total. The van der Waals surface area contributed by atoms with Gasteiger partial charge < -0.3 is 9.47 Å². The van der Waals surface area contributed by atoms with E-state index in [1.807, 2.05) is 0 Å². The Kier molecular flexibility index (Phi) is 8.11. The van der Waals surface area contributed by atoms with Gasteiger partial charge in [0.1, 0.15) is 18.2 Å². The fourth-order valence-electron chi connectivity index (χ4n) is 2.58. The minimum Gasteiger partial charge on any atom is -0.493 e. The summed E-state index contributed by atoms with van der Waals surface area (Å²) in [5, 5.41) is 19.8. The van der Waals surface area contributed by atoms with Crippen LogP contribution in [0.2, 0.25) is 10.0 Å². The zero-order valence-electron chi connectivity index (χ0n) is 17.7. The van der Waals surface area contributed by atoms with Crippen molar-refractivity contribution in [2.24, 2.45) is 0 Å². The van der Waals surface area contributed by atoms with E-state index >= 15 is 0 Å². The summed E-state index contributed by atoms with van der Waals surface area (Å²) < 4.78 is 33.9. The number of hydrogen-bond donors (Lipinski definition) is 1. The molecule has 0 atom stereocenters. The minimum atomic E-state index is -3.56. The molecule has 0 radical (unpaired) electrons. The highest BCUT2D eigenvalue weighted by atomic mass is 35.5. The summed E-state index contributed by atoms with van der Waals surface area (Å²) in [6, 6.07) is 11.7. The Labute approximate surface area is 209 Å². The molecule has 0 bridgehead atoms. The minimum absolute atomic E-state index is 0.0474. The summed E-state index contributed by atoms with van der Waals surface area (Å²) in [6.07, 6.45) is 2.32. The van der Waals surface area contributed by atoms with Gasteiger partial charge in [0.15, 0.2) is 11.5 Å². The van der Waals surface area contributed by atoms with Crippen LogP contribution < -0.4 is 14.8 Å². The summed E-state index contributed by atoms with van der Waals surface area (Å²) in [7, 11) is -2.10. The number of ether oxygens (including phenoxy) is 2. The number of nitrogens with zero attached hydrogens (tertiary/aromatic N) is 3. The van der Waals surface area contributed by atoms with Gasteiger partial charge in [-0.05, 0) is 35.9 Å². The lowest BCUT2D eigenvalue weighted by molar-refractivity contribution is -0.112. The number of aromatic nitrogens is 2. The lowest BCUT2D eigenvalue weighted by Gasteiger charge is -2.12. The van der Waals surface area contributed by atoms with Crippen molar-refractivity contribution in [3.05, 3.63) is 63.1 Å². The van der Waals surface area contributed by atoms with Crippen molar-refractivity contribution in [1.29, 1.82) is 5.26 Å². The number of carbonyl (C=O) groups excluding carboxylic acids is 1. The maximum Gasteiger partial charge on any atom is 0.268 e. The normalized spacial score (nSPS) is 11.6. The Morgan fingerprint density at radius 3 is 2.59 bits per heavy atom. The van der Waals surface area contributed by atoms with Crippen molar-refractivity contribution in [1.82, 2.24) is 10.2 Å². The number of benzene rings is 2. The molecule has 176 valence electrons. The third-order valence-corrected chi connectivity index (χ3v) is 7.30. The topological polar surface area (TPSA) is 131 Å². The van der Waals surface area contributed by atoms with Gasteiger partial charge in [-0.1, -0.05) is 46.7 Å². The number of nitriles is 1. The van der Waals surface area contributed by atoms with Crippen LogP contribution in [-0.4, -0.2) is 37.9 Å². The molecule has 0 spiro atoms. The molecule has 1 aromatic heterocycles. The quantitative estimate of drug-likeness (QED) is 0.254. The third-order valence-electron chi connectivity index (χ3n) is 4.21. The fourth-order valence-corrected chi connectivity index (χ4v) is 4.54. The van der Waals surface area contributed by atoms with E-state index < -0.39 is 15.7 Å². The molecule has 0 fully saturated rings. The second-order valence-corrected chi connectivity index (χ2v) is 10.7. The first-order chi connectivity index (χ1) is 16.1. The van der Waals surface area contributed by atoms with Crippen LogP contribution in [0.3, 0.4) is 0 Å². The van der Waals surface area contributed by atoms with Crippen LogP contribution in [0.1, 0.15) is 11.1 Å². The van der Waals surface area contributed by atoms with E-state index in [-0.39, 0.29) is 21.7 Å². The zero-order chi connectivity index (χ0) is 24.9. The van der Waals surface area contributed by atoms with Gasteiger partial charge in [0.2, 0.25) is 19.3 Å². The van der Waals surface area contributed by atoms with E-state index in [0.29, 0.717) is 38.4 Å². The van der Waals surface area contributed by atoms with Gasteiger partial charge in [0.25, 0.3) is 5.91 Å². The SMILES string of the molecule is COc1cc(C=C(C#N)C(=O)Nc2nnc(S(C)(=O)=O)s2)ccc1OCc1ccc(Cl)cc1Cl. The predicted molar refractivity (Wildman–Crippen MR) is 129 cm³/mol. The summed E-state index contributed by atoms with van der Waals surface area (Å²) in [5.74, 6) is 0.0321. The van der Waals surface area contributed by atoms with Crippen molar-refractivity contribution in [2.75, 3.05) is 18.7 Å². The van der Waals surface area contributed by atoms with Gasteiger partial charge in [0.05, 0.1) is 7.11 Å². The van der Waals surface area contributed by atoms with E-state index in [1.165, 1.54) is 13.2 Å². The summed E-state index contributed by atoms with van der Waals surface area (Å²) in [5.41, 5.74) is 0.991. The largest absolute Gasteiger partial charge is 0.493 e. The van der Waals surface area contributed by atoms with E-state index in [1.54, 1.807) is 42.5 Å². The van der Waals surface area contributed by atoms with Gasteiger partial charge in [0, 0.05) is 21.9 Å². The number of carbonyl (C=O) groups is 1. The summed E-state index contributed by atoms with van der Waals surface area (Å²) in [4.78, 5) is 12.5. The Bertz CT molecular complexity index is 1410. The van der Waals surface area contributed by atoms with Gasteiger partial charge >= 0.3 is 0 Å². The third kappa shape index (κ3) is 6.45. The number of hydrogen-bond acceptors (Lipinski definition) is 9. The van der Waals surface area contributed by atoms with Crippen LogP contribution in [0.15, 0.2) is 46.3 Å². The molecule has 3 rings (SSSR count). The molecule has 0 unspecified atom stereocenters. The highest BCUT2D eigenvalue weighted by Gasteiger charge is 2.18. The Morgan fingerprint density at radius 1 is 1.21 bits per heavy atom. The van der Waals surface area contributed by atoms with Crippen LogP contribution in [0.25, 0.3) is 6.08 Å². The number of amides is 1. The Hall–Kier alpha value is -3.17. The lowest BCUT2D eigenvalue weighted by Crippen LogP contribution is -2.13. The first-order valence-corrected chi connectivity index (χ1v) is 12.8. The summed E-state index contributed by atoms with van der Waals surface area (Å²) in [6.45, 7) is 0.171. The standard InChI is InChI=1S/C21H16Cl2N4O5S2/c1-31-18-8-12(3-6-17(18)32-11-13-4-5-15(22)9-16(13)23)7-14(10-24)19(28)25-20-26-27-21(33-20)34(2,29)30/h3-9H,11H2,1-2H3,(H,25,26,28). The van der Waals surface area contributed by atoms with Crippen LogP contribution in [0.5, 0.6) is 11.5 Å². The first-order valence-electron chi connectivity index (χ1n) is 9.32. The predicted octanol–water partition coefficient (Wildman–Crippen LogP) is 4.38. The van der Waals surface area contributed by atoms with Gasteiger partial charge in [-0.15, -0.1) is 10.2 Å². The Balaban J connectivity index is 1.76. The van der Waals surface area contributed by atoms with E-state index in [9.17, 15) is 18.5 Å². The maximum atomic E-state index is 12.5. The second kappa shape index (κ2) is 10.8. The number of methoxy groups -OCH3 is 1. The molecule has 1 amide bonds. The lowest BCUT2D eigenvalue weighted by atomic mass is 10.1. The average molecular weight is 539 g/mol. The molecule has 0 saturated carbocycles. The number of nitrogens with one attached hydrogen (secondary N) is 1. The molecule has 0 aliphatic heterocycles. The molecule has 1 heterocycles. The van der Waals surface area contributed by atoms with Crippen LogP contribution in [0, 0.1) is 11.3 Å². The van der Waals surface area contributed by atoms with E-state index in [2.05, 4.69) is 15.5 Å². The van der Waals surface area contributed by atoms with Crippen molar-refractivity contribution in [3.8, 4) is 17.6 Å². The number of rotatable bonds is 8. The van der Waals surface area contributed by atoms with Crippen molar-refractivity contribution < 1.29 is 22.7 Å². The van der Waals surface area contributed by atoms with Crippen molar-refractivity contribution in [3.63, 3.8) is 0 Å². The number of sulfone groups is 1. The molecule has 3 aromatic rings. The number of anilines is 1. The molecule has 9 nitrogen and oxygen atoms in total. The van der Waals surface area contributed by atoms with Gasteiger partial charge in [-0.3, -0.25) is 10.1 Å². The fraction of sp³-hybridized carbons (Fsp3) is 0.143. The van der Waals surface area contributed by atoms with Crippen LogP contribution in [-0.2, 0) is 21.2 Å². The highest BCUT2D eigenvalue weighted by molar-refractivity contribution is 7.92. The average Bonchev–Trinajstić information content (AvgIpc) is 3.26. The number of halogens is 2.